The minimum atomic E-state index is -0.263. The van der Waals surface area contributed by atoms with E-state index in [0.29, 0.717) is 42.6 Å². The molecule has 8 heteroatoms. The van der Waals surface area contributed by atoms with Crippen molar-refractivity contribution >= 4 is 22.6 Å². The molecule has 156 valence electrons. The van der Waals surface area contributed by atoms with Gasteiger partial charge in [-0.15, -0.1) is 0 Å². The smallest absolute Gasteiger partial charge is 0.274 e. The highest BCUT2D eigenvalue weighted by atomic mass is 16.2. The zero-order chi connectivity index (χ0) is 21.2. The second-order valence-corrected chi connectivity index (χ2v) is 8.54. The average molecular weight is 399 g/mol. The lowest BCUT2D eigenvalue weighted by atomic mass is 10.1. The SMILES string of the molecule is Cn1nc(C(=O)N2CCCN(CC(=O)NC(C)(C)C)CC2)c2ccccc2c1=O. The molecule has 1 aliphatic rings. The lowest BCUT2D eigenvalue weighted by Gasteiger charge is -2.25. The molecule has 2 heterocycles. The standard InChI is InChI=1S/C21H29N5O3/c1-21(2,3)22-17(27)14-25-10-7-11-26(13-12-25)20(29)18-15-8-5-6-9-16(15)19(28)24(4)23-18/h5-6,8-9H,7,10-14H2,1-4H3,(H,22,27). The lowest BCUT2D eigenvalue weighted by molar-refractivity contribution is -0.123. The Morgan fingerprint density at radius 1 is 1.07 bits per heavy atom. The molecule has 1 aromatic heterocycles. The summed E-state index contributed by atoms with van der Waals surface area (Å²) < 4.78 is 1.22. The molecule has 1 aliphatic heterocycles. The molecule has 1 aromatic carbocycles. The van der Waals surface area contributed by atoms with Crippen molar-refractivity contribution in [2.45, 2.75) is 32.7 Å². The minimum absolute atomic E-state index is 0.0111. The van der Waals surface area contributed by atoms with Gasteiger partial charge in [-0.3, -0.25) is 19.3 Å². The van der Waals surface area contributed by atoms with Crippen LogP contribution in [0.25, 0.3) is 10.8 Å². The van der Waals surface area contributed by atoms with Gasteiger partial charge in [0.1, 0.15) is 0 Å². The maximum Gasteiger partial charge on any atom is 0.274 e. The molecule has 2 aromatic rings. The zero-order valence-corrected chi connectivity index (χ0v) is 17.6. The Balaban J connectivity index is 1.74. The molecular formula is C21H29N5O3. The molecule has 0 radical (unpaired) electrons. The number of carbonyl (C=O) groups excluding carboxylic acids is 2. The van der Waals surface area contributed by atoms with Gasteiger partial charge in [0.25, 0.3) is 11.5 Å². The van der Waals surface area contributed by atoms with Gasteiger partial charge in [0.05, 0.1) is 11.9 Å². The Hall–Kier alpha value is -2.74. The van der Waals surface area contributed by atoms with Crippen LogP contribution < -0.4 is 10.9 Å². The van der Waals surface area contributed by atoms with Crippen molar-refractivity contribution in [2.75, 3.05) is 32.7 Å². The van der Waals surface area contributed by atoms with Crippen molar-refractivity contribution < 1.29 is 9.59 Å². The fraction of sp³-hybridized carbons (Fsp3) is 0.524. The highest BCUT2D eigenvalue weighted by molar-refractivity contribution is 6.04. The average Bonchev–Trinajstić information content (AvgIpc) is 2.88. The molecule has 1 N–H and O–H groups in total. The van der Waals surface area contributed by atoms with Crippen LogP contribution in [0.1, 0.15) is 37.7 Å². The molecule has 2 amide bonds. The third-order valence-electron chi connectivity index (χ3n) is 4.92. The van der Waals surface area contributed by atoms with Crippen molar-refractivity contribution in [3.63, 3.8) is 0 Å². The van der Waals surface area contributed by atoms with Crippen molar-refractivity contribution in [3.8, 4) is 0 Å². The molecule has 0 atom stereocenters. The predicted molar refractivity (Wildman–Crippen MR) is 112 cm³/mol. The summed E-state index contributed by atoms with van der Waals surface area (Å²) in [6.07, 6.45) is 0.776. The topological polar surface area (TPSA) is 87.5 Å². The van der Waals surface area contributed by atoms with Crippen LogP contribution in [0.5, 0.6) is 0 Å². The third-order valence-corrected chi connectivity index (χ3v) is 4.92. The molecule has 1 fully saturated rings. The van der Waals surface area contributed by atoms with Gasteiger partial charge in [-0.2, -0.15) is 5.10 Å². The van der Waals surface area contributed by atoms with Crippen LogP contribution in [-0.2, 0) is 11.8 Å². The minimum Gasteiger partial charge on any atom is -0.350 e. The van der Waals surface area contributed by atoms with Gasteiger partial charge in [0.2, 0.25) is 5.91 Å². The predicted octanol–water partition coefficient (Wildman–Crippen LogP) is 0.996. The highest BCUT2D eigenvalue weighted by Crippen LogP contribution is 2.16. The Kier molecular flexibility index (Phi) is 6.02. The zero-order valence-electron chi connectivity index (χ0n) is 17.6. The number of nitrogens with one attached hydrogen (secondary N) is 1. The van der Waals surface area contributed by atoms with Gasteiger partial charge < -0.3 is 10.2 Å². The van der Waals surface area contributed by atoms with Gasteiger partial charge >= 0.3 is 0 Å². The summed E-state index contributed by atoms with van der Waals surface area (Å²) in [7, 11) is 1.56. The van der Waals surface area contributed by atoms with Gasteiger partial charge in [0.15, 0.2) is 5.69 Å². The van der Waals surface area contributed by atoms with Crippen molar-refractivity contribution in [1.29, 1.82) is 0 Å². The molecule has 0 bridgehead atoms. The van der Waals surface area contributed by atoms with Crippen molar-refractivity contribution in [3.05, 3.63) is 40.3 Å². The van der Waals surface area contributed by atoms with E-state index in [2.05, 4.69) is 15.3 Å². The quantitative estimate of drug-likeness (QED) is 0.832. The van der Waals surface area contributed by atoms with Gasteiger partial charge in [-0.1, -0.05) is 18.2 Å². The van der Waals surface area contributed by atoms with E-state index in [1.54, 1.807) is 36.2 Å². The summed E-state index contributed by atoms with van der Waals surface area (Å²) in [5, 5.41) is 8.29. The fourth-order valence-electron chi connectivity index (χ4n) is 3.60. The number of carbonyl (C=O) groups is 2. The summed E-state index contributed by atoms with van der Waals surface area (Å²) in [5.41, 5.74) is -0.188. The first kappa shape index (κ1) is 21.0. The van der Waals surface area contributed by atoms with Crippen molar-refractivity contribution in [2.24, 2.45) is 7.05 Å². The Morgan fingerprint density at radius 2 is 1.76 bits per heavy atom. The van der Waals surface area contributed by atoms with E-state index in [-0.39, 0.29) is 22.9 Å². The van der Waals surface area contributed by atoms with Crippen LogP contribution in [0, 0.1) is 0 Å². The number of benzene rings is 1. The second kappa shape index (κ2) is 8.32. The van der Waals surface area contributed by atoms with E-state index >= 15 is 0 Å². The first-order valence-corrected chi connectivity index (χ1v) is 9.94. The maximum absolute atomic E-state index is 13.2. The van der Waals surface area contributed by atoms with Crippen molar-refractivity contribution in [1.82, 2.24) is 24.9 Å². The summed E-state index contributed by atoms with van der Waals surface area (Å²) >= 11 is 0. The van der Waals surface area contributed by atoms with E-state index < -0.39 is 0 Å². The fourth-order valence-corrected chi connectivity index (χ4v) is 3.60. The van der Waals surface area contributed by atoms with Gasteiger partial charge in [-0.25, -0.2) is 4.68 Å². The van der Waals surface area contributed by atoms with E-state index in [4.69, 9.17) is 0 Å². The van der Waals surface area contributed by atoms with Crippen LogP contribution >= 0.6 is 0 Å². The van der Waals surface area contributed by atoms with E-state index in [9.17, 15) is 14.4 Å². The van der Waals surface area contributed by atoms with Gasteiger partial charge in [-0.05, 0) is 33.3 Å². The van der Waals surface area contributed by atoms with E-state index in [1.807, 2.05) is 20.8 Å². The number of aryl methyl sites for hydroxylation is 1. The summed E-state index contributed by atoms with van der Waals surface area (Å²) in [6, 6.07) is 7.06. The number of rotatable bonds is 3. The Labute approximate surface area is 170 Å². The molecule has 0 unspecified atom stereocenters. The summed E-state index contributed by atoms with van der Waals surface area (Å²) in [5.74, 6) is -0.194. The van der Waals surface area contributed by atoms with Crippen LogP contribution in [-0.4, -0.2) is 69.7 Å². The molecule has 1 saturated heterocycles. The lowest BCUT2D eigenvalue weighted by Crippen LogP contribution is -2.46. The maximum atomic E-state index is 13.2. The third kappa shape index (κ3) is 5.00. The number of fused-ring (bicyclic) bond motifs is 1. The molecule has 0 spiro atoms. The summed E-state index contributed by atoms with van der Waals surface area (Å²) in [4.78, 5) is 41.6. The van der Waals surface area contributed by atoms with E-state index in [0.717, 1.165) is 13.0 Å². The molecule has 0 saturated carbocycles. The largest absolute Gasteiger partial charge is 0.350 e. The summed E-state index contributed by atoms with van der Waals surface area (Å²) in [6.45, 7) is 8.67. The van der Waals surface area contributed by atoms with Crippen LogP contribution in [0.2, 0.25) is 0 Å². The molecule has 3 rings (SSSR count). The second-order valence-electron chi connectivity index (χ2n) is 8.54. The number of amides is 2. The monoisotopic (exact) mass is 399 g/mol. The van der Waals surface area contributed by atoms with Crippen LogP contribution in [0.15, 0.2) is 29.1 Å². The van der Waals surface area contributed by atoms with Crippen LogP contribution in [0.3, 0.4) is 0 Å². The first-order valence-electron chi connectivity index (χ1n) is 9.94. The molecule has 0 aliphatic carbocycles. The number of hydrogen-bond acceptors (Lipinski definition) is 5. The van der Waals surface area contributed by atoms with Crippen LogP contribution in [0.4, 0.5) is 0 Å². The number of aromatic nitrogens is 2. The molecule has 8 nitrogen and oxygen atoms in total. The Bertz CT molecular complexity index is 976. The van der Waals surface area contributed by atoms with E-state index in [1.165, 1.54) is 4.68 Å². The first-order chi connectivity index (χ1) is 13.7. The van der Waals surface area contributed by atoms with Gasteiger partial charge in [0, 0.05) is 44.2 Å². The normalized spacial score (nSPS) is 15.9. The number of nitrogens with zero attached hydrogens (tertiary/aromatic N) is 4. The Morgan fingerprint density at radius 3 is 2.45 bits per heavy atom. The highest BCUT2D eigenvalue weighted by Gasteiger charge is 2.25. The number of hydrogen-bond donors (Lipinski definition) is 1. The molecular weight excluding hydrogens is 370 g/mol. The molecule has 29 heavy (non-hydrogen) atoms.